The lowest BCUT2D eigenvalue weighted by molar-refractivity contribution is 0.194. The summed E-state index contributed by atoms with van der Waals surface area (Å²) in [7, 11) is 3.60. The molecule has 1 unspecified atom stereocenters. The first-order chi connectivity index (χ1) is 7.08. The molecule has 1 rings (SSSR count). The molecule has 1 heterocycles. The van der Waals surface area contributed by atoms with E-state index in [1.54, 1.807) is 6.04 Å². The third-order valence-electron chi connectivity index (χ3n) is 5.28. The Morgan fingerprint density at radius 1 is 1.07 bits per heavy atom. The van der Waals surface area contributed by atoms with Gasteiger partial charge in [-0.3, -0.25) is 0 Å². The van der Waals surface area contributed by atoms with Crippen LogP contribution in [0.15, 0.2) is 0 Å². The van der Waals surface area contributed by atoms with Crippen molar-refractivity contribution in [3.63, 3.8) is 0 Å². The molecule has 1 aliphatic heterocycles. The molecule has 0 aromatic heterocycles. The third-order valence-corrected chi connectivity index (χ3v) is 12.3. The zero-order valence-electron chi connectivity index (χ0n) is 11.4. The molecule has 0 bridgehead atoms. The van der Waals surface area contributed by atoms with Crippen molar-refractivity contribution in [3.05, 3.63) is 0 Å². The maximum Gasteiger partial charge on any atom is 0.0762 e. The van der Waals surface area contributed by atoms with Gasteiger partial charge >= 0.3 is 0 Å². The molecule has 90 valence electrons. The van der Waals surface area contributed by atoms with E-state index < -0.39 is 8.07 Å². The van der Waals surface area contributed by atoms with Crippen LogP contribution in [0.25, 0.3) is 0 Å². The summed E-state index contributed by atoms with van der Waals surface area (Å²) in [5.74, 6) is 0. The van der Waals surface area contributed by atoms with Gasteiger partial charge in [-0.25, -0.2) is 0 Å². The van der Waals surface area contributed by atoms with Crippen LogP contribution in [0, 0.1) is 0 Å². The summed E-state index contributed by atoms with van der Waals surface area (Å²) in [5.41, 5.74) is 0. The van der Waals surface area contributed by atoms with Gasteiger partial charge in [-0.1, -0.05) is 51.7 Å². The molecular weight excluding hydrogens is 198 g/mol. The Hall–Kier alpha value is 0.177. The van der Waals surface area contributed by atoms with Crippen LogP contribution in [-0.2, 0) is 0 Å². The molecule has 1 fully saturated rings. The van der Waals surface area contributed by atoms with Crippen LogP contribution in [0.3, 0.4) is 0 Å². The van der Waals surface area contributed by atoms with Crippen LogP contribution in [0.5, 0.6) is 0 Å². The van der Waals surface area contributed by atoms with Crippen LogP contribution in [0.2, 0.25) is 18.1 Å². The van der Waals surface area contributed by atoms with E-state index >= 15 is 0 Å². The van der Waals surface area contributed by atoms with Gasteiger partial charge in [0, 0.05) is 5.16 Å². The molecule has 0 N–H and O–H groups in total. The fourth-order valence-corrected chi connectivity index (χ4v) is 10.5. The smallest absolute Gasteiger partial charge is 0.0762 e. The van der Waals surface area contributed by atoms with Crippen molar-refractivity contribution < 1.29 is 0 Å². The molecule has 0 radical (unpaired) electrons. The van der Waals surface area contributed by atoms with E-state index in [-0.39, 0.29) is 0 Å². The number of hydrogen-bond acceptors (Lipinski definition) is 1. The first kappa shape index (κ1) is 13.2. The highest BCUT2D eigenvalue weighted by Crippen LogP contribution is 2.46. The van der Waals surface area contributed by atoms with Gasteiger partial charge in [-0.15, -0.1) is 0 Å². The van der Waals surface area contributed by atoms with Crippen LogP contribution < -0.4 is 0 Å². The van der Waals surface area contributed by atoms with Crippen molar-refractivity contribution in [2.45, 2.75) is 69.7 Å². The lowest BCUT2D eigenvalue weighted by Crippen LogP contribution is -2.66. The Bertz CT molecular complexity index is 199. The minimum atomic E-state index is -1.05. The van der Waals surface area contributed by atoms with Crippen molar-refractivity contribution in [3.8, 4) is 0 Å². The second kappa shape index (κ2) is 5.01. The maximum absolute atomic E-state index is 2.59. The zero-order valence-corrected chi connectivity index (χ0v) is 12.4. The number of nitrogens with zero attached hydrogens (tertiary/aromatic N) is 1. The van der Waals surface area contributed by atoms with Crippen LogP contribution in [0.4, 0.5) is 0 Å². The number of hydrogen-bond donors (Lipinski definition) is 0. The van der Waals surface area contributed by atoms with Gasteiger partial charge in [0.25, 0.3) is 0 Å². The Morgan fingerprint density at radius 2 is 1.67 bits per heavy atom. The summed E-state index contributed by atoms with van der Waals surface area (Å²) in [6.45, 7) is 7.32. The molecule has 0 aromatic rings. The fraction of sp³-hybridized carbons (Fsp3) is 1.00. The minimum absolute atomic E-state index is 0.606. The molecule has 2 heteroatoms. The normalized spacial score (nSPS) is 30.8. The summed E-state index contributed by atoms with van der Waals surface area (Å²) < 4.78 is 0. The standard InChI is InChI=1S/C13H29NSi/c1-6-13(14(4)5)11-9-10-12-15(13,7-2)8-3/h6-12H2,1-5H3. The Balaban J connectivity index is 3.07. The molecule has 0 saturated carbocycles. The van der Waals surface area contributed by atoms with Gasteiger partial charge in [0.1, 0.15) is 0 Å². The first-order valence-corrected chi connectivity index (χ1v) is 9.38. The number of rotatable bonds is 4. The van der Waals surface area contributed by atoms with E-state index in [0.717, 1.165) is 0 Å². The van der Waals surface area contributed by atoms with Gasteiger partial charge in [0.2, 0.25) is 0 Å². The maximum atomic E-state index is 2.59. The van der Waals surface area contributed by atoms with Gasteiger partial charge < -0.3 is 4.90 Å². The van der Waals surface area contributed by atoms with Gasteiger partial charge in [0.05, 0.1) is 8.07 Å². The monoisotopic (exact) mass is 227 g/mol. The molecular formula is C13H29NSi. The van der Waals surface area contributed by atoms with Crippen LogP contribution in [0.1, 0.15) is 46.5 Å². The molecule has 15 heavy (non-hydrogen) atoms. The zero-order chi connectivity index (χ0) is 11.5. The summed E-state index contributed by atoms with van der Waals surface area (Å²) in [6.07, 6.45) is 5.79. The molecule has 0 amide bonds. The highest BCUT2D eigenvalue weighted by atomic mass is 28.3. The third kappa shape index (κ3) is 1.91. The van der Waals surface area contributed by atoms with Crippen molar-refractivity contribution in [1.82, 2.24) is 4.90 Å². The Labute approximate surface area is 97.3 Å². The molecule has 0 aliphatic carbocycles. The Morgan fingerprint density at radius 3 is 2.00 bits per heavy atom. The summed E-state index contributed by atoms with van der Waals surface area (Å²) in [4.78, 5) is 2.59. The van der Waals surface area contributed by atoms with Crippen molar-refractivity contribution >= 4 is 8.07 Å². The van der Waals surface area contributed by atoms with E-state index in [9.17, 15) is 0 Å². The van der Waals surface area contributed by atoms with E-state index in [4.69, 9.17) is 0 Å². The molecule has 1 saturated heterocycles. The lowest BCUT2D eigenvalue weighted by Gasteiger charge is -2.56. The second-order valence-corrected chi connectivity index (χ2v) is 10.9. The minimum Gasteiger partial charge on any atom is -0.306 e. The van der Waals surface area contributed by atoms with Crippen LogP contribution in [-0.4, -0.2) is 32.2 Å². The first-order valence-electron chi connectivity index (χ1n) is 6.76. The van der Waals surface area contributed by atoms with Gasteiger partial charge in [0.15, 0.2) is 0 Å². The highest BCUT2D eigenvalue weighted by Gasteiger charge is 2.51. The average Bonchev–Trinajstić information content (AvgIpc) is 2.28. The van der Waals surface area contributed by atoms with Gasteiger partial charge in [-0.2, -0.15) is 0 Å². The topological polar surface area (TPSA) is 3.24 Å². The van der Waals surface area contributed by atoms with Crippen molar-refractivity contribution in [1.29, 1.82) is 0 Å². The van der Waals surface area contributed by atoms with Crippen LogP contribution >= 0.6 is 0 Å². The van der Waals surface area contributed by atoms with E-state index in [1.807, 2.05) is 0 Å². The molecule has 1 atom stereocenters. The predicted octanol–water partition coefficient (Wildman–Crippen LogP) is 3.91. The van der Waals surface area contributed by atoms with E-state index in [0.29, 0.717) is 5.16 Å². The summed E-state index contributed by atoms with van der Waals surface area (Å²) in [6, 6.07) is 4.54. The summed E-state index contributed by atoms with van der Waals surface area (Å²) >= 11 is 0. The molecule has 0 spiro atoms. The van der Waals surface area contributed by atoms with Crippen molar-refractivity contribution in [2.75, 3.05) is 14.1 Å². The van der Waals surface area contributed by atoms with Crippen molar-refractivity contribution in [2.24, 2.45) is 0 Å². The second-order valence-electron chi connectivity index (χ2n) is 5.47. The fourth-order valence-electron chi connectivity index (χ4n) is 4.21. The lowest BCUT2D eigenvalue weighted by atomic mass is 10.0. The average molecular weight is 227 g/mol. The molecule has 1 aliphatic rings. The quantitative estimate of drug-likeness (QED) is 0.658. The predicted molar refractivity (Wildman–Crippen MR) is 72.1 cm³/mol. The Kier molecular flexibility index (Phi) is 4.42. The SMILES string of the molecule is CCC1(N(C)C)CCCC[Si]1(CC)CC. The molecule has 1 nitrogen and oxygen atoms in total. The molecule has 0 aromatic carbocycles. The largest absolute Gasteiger partial charge is 0.306 e. The highest BCUT2D eigenvalue weighted by molar-refractivity contribution is 6.82. The van der Waals surface area contributed by atoms with E-state index in [2.05, 4.69) is 39.8 Å². The van der Waals surface area contributed by atoms with E-state index in [1.165, 1.54) is 37.8 Å². The van der Waals surface area contributed by atoms with Gasteiger partial charge in [-0.05, 0) is 26.9 Å². The summed E-state index contributed by atoms with van der Waals surface area (Å²) in [5, 5.41) is 0.606.